The summed E-state index contributed by atoms with van der Waals surface area (Å²) in [6.45, 7) is 0. The van der Waals surface area contributed by atoms with E-state index in [1.807, 2.05) is 0 Å². The highest BCUT2D eigenvalue weighted by Crippen LogP contribution is 2.37. The second kappa shape index (κ2) is 4.82. The third kappa shape index (κ3) is 2.07. The summed E-state index contributed by atoms with van der Waals surface area (Å²) in [5.74, 6) is -2.81. The molecule has 1 rings (SSSR count). The molecular weight excluding hydrogens is 285 g/mol. The lowest BCUT2D eigenvalue weighted by molar-refractivity contribution is 0.0592. The molecule has 0 aliphatic rings. The SMILES string of the molecule is COC(=O)c1c(O)c(N=[N+]=[N-])cc(Br)c1F. The summed E-state index contributed by atoms with van der Waals surface area (Å²) in [6, 6.07) is 1.05. The van der Waals surface area contributed by atoms with Crippen LogP contribution in [0.1, 0.15) is 10.4 Å². The third-order valence-corrected chi connectivity index (χ3v) is 2.29. The second-order valence-corrected chi connectivity index (χ2v) is 3.45. The van der Waals surface area contributed by atoms with Crippen LogP contribution in [-0.2, 0) is 4.74 Å². The minimum absolute atomic E-state index is 0.117. The van der Waals surface area contributed by atoms with Crippen LogP contribution in [0.4, 0.5) is 10.1 Å². The standard InChI is InChI=1S/C8H5BrFN3O3/c1-16-8(15)5-6(10)3(9)2-4(7(5)14)12-13-11/h2,14H,1H3. The zero-order valence-electron chi connectivity index (χ0n) is 7.94. The smallest absolute Gasteiger partial charge is 0.344 e. The van der Waals surface area contributed by atoms with Crippen LogP contribution in [0.5, 0.6) is 5.75 Å². The Hall–Kier alpha value is -1.79. The number of phenols is 1. The Labute approximate surface area is 97.4 Å². The third-order valence-electron chi connectivity index (χ3n) is 1.71. The topological polar surface area (TPSA) is 95.3 Å². The summed E-state index contributed by atoms with van der Waals surface area (Å²) < 4.78 is 17.7. The van der Waals surface area contributed by atoms with E-state index in [1.54, 1.807) is 0 Å². The van der Waals surface area contributed by atoms with Gasteiger partial charge in [-0.2, -0.15) is 0 Å². The quantitative estimate of drug-likeness (QED) is 0.392. The Morgan fingerprint density at radius 1 is 1.75 bits per heavy atom. The molecule has 0 fully saturated rings. The number of aromatic hydroxyl groups is 1. The first-order valence-corrected chi connectivity index (χ1v) is 4.66. The van der Waals surface area contributed by atoms with E-state index in [1.165, 1.54) is 0 Å². The molecule has 0 saturated carbocycles. The summed E-state index contributed by atoms with van der Waals surface area (Å²) >= 11 is 2.82. The highest BCUT2D eigenvalue weighted by molar-refractivity contribution is 9.10. The number of phenolic OH excluding ortho intramolecular Hbond substituents is 1. The zero-order chi connectivity index (χ0) is 12.3. The largest absolute Gasteiger partial charge is 0.506 e. The molecule has 8 heteroatoms. The van der Waals surface area contributed by atoms with Gasteiger partial charge in [-0.15, -0.1) is 0 Å². The summed E-state index contributed by atoms with van der Waals surface area (Å²) in [4.78, 5) is 13.6. The van der Waals surface area contributed by atoms with Gasteiger partial charge in [-0.1, -0.05) is 5.11 Å². The fraction of sp³-hybridized carbons (Fsp3) is 0.125. The molecule has 0 amide bonds. The van der Waals surface area contributed by atoms with Gasteiger partial charge in [0.15, 0.2) is 5.82 Å². The molecular formula is C8H5BrFN3O3. The molecule has 0 unspecified atom stereocenters. The highest BCUT2D eigenvalue weighted by atomic mass is 79.9. The predicted molar refractivity (Wildman–Crippen MR) is 55.9 cm³/mol. The molecule has 1 N–H and O–H groups in total. The zero-order valence-corrected chi connectivity index (χ0v) is 9.52. The second-order valence-electron chi connectivity index (χ2n) is 2.60. The fourth-order valence-electron chi connectivity index (χ4n) is 1.02. The molecule has 0 atom stereocenters. The number of carbonyl (C=O) groups excluding carboxylic acids is 1. The average Bonchev–Trinajstić information content (AvgIpc) is 2.26. The number of halogens is 2. The number of carbonyl (C=O) groups is 1. The molecule has 6 nitrogen and oxygen atoms in total. The maximum absolute atomic E-state index is 13.5. The molecule has 1 aromatic carbocycles. The molecule has 0 heterocycles. The molecule has 1 aromatic rings. The van der Waals surface area contributed by atoms with E-state index in [-0.39, 0.29) is 10.2 Å². The van der Waals surface area contributed by atoms with Gasteiger partial charge >= 0.3 is 5.97 Å². The van der Waals surface area contributed by atoms with Gasteiger partial charge in [0, 0.05) is 4.91 Å². The maximum atomic E-state index is 13.5. The van der Waals surface area contributed by atoms with Crippen molar-refractivity contribution in [3.63, 3.8) is 0 Å². The number of hydrogen-bond acceptors (Lipinski definition) is 4. The molecule has 0 aromatic heterocycles. The van der Waals surface area contributed by atoms with E-state index in [0.29, 0.717) is 0 Å². The van der Waals surface area contributed by atoms with Crippen molar-refractivity contribution in [3.05, 3.63) is 32.4 Å². The van der Waals surface area contributed by atoms with Gasteiger partial charge in [0.05, 0.1) is 17.3 Å². The molecule has 0 bridgehead atoms. The normalized spacial score (nSPS) is 9.44. The number of nitrogens with zero attached hydrogens (tertiary/aromatic N) is 3. The Balaban J connectivity index is 3.57. The van der Waals surface area contributed by atoms with E-state index in [2.05, 4.69) is 30.7 Å². The number of rotatable bonds is 2. The van der Waals surface area contributed by atoms with E-state index < -0.39 is 23.1 Å². The summed E-state index contributed by atoms with van der Waals surface area (Å²) in [5, 5.41) is 12.6. The van der Waals surface area contributed by atoms with Crippen LogP contribution in [0.25, 0.3) is 10.4 Å². The van der Waals surface area contributed by atoms with Crippen LogP contribution in [0.15, 0.2) is 15.7 Å². The summed E-state index contributed by atoms with van der Waals surface area (Å²) in [6.07, 6.45) is 0. The molecule has 0 saturated heterocycles. The van der Waals surface area contributed by atoms with E-state index in [0.717, 1.165) is 13.2 Å². The van der Waals surface area contributed by atoms with Gasteiger partial charge < -0.3 is 9.84 Å². The van der Waals surface area contributed by atoms with Gasteiger partial charge in [-0.3, -0.25) is 0 Å². The van der Waals surface area contributed by atoms with Crippen molar-refractivity contribution in [3.8, 4) is 5.75 Å². The van der Waals surface area contributed by atoms with Gasteiger partial charge in [0.25, 0.3) is 0 Å². The van der Waals surface area contributed by atoms with Crippen LogP contribution in [0, 0.1) is 5.82 Å². The molecule has 84 valence electrons. The van der Waals surface area contributed by atoms with Crippen LogP contribution in [0.2, 0.25) is 0 Å². The van der Waals surface area contributed by atoms with Crippen molar-refractivity contribution in [2.75, 3.05) is 7.11 Å². The lowest BCUT2D eigenvalue weighted by Gasteiger charge is -2.07. The molecule has 0 spiro atoms. The first-order chi connectivity index (χ1) is 7.52. The highest BCUT2D eigenvalue weighted by Gasteiger charge is 2.22. The van der Waals surface area contributed by atoms with Gasteiger partial charge in [-0.25, -0.2) is 9.18 Å². The van der Waals surface area contributed by atoms with Crippen molar-refractivity contribution >= 4 is 27.6 Å². The average molecular weight is 290 g/mol. The fourth-order valence-corrected chi connectivity index (χ4v) is 1.43. The van der Waals surface area contributed by atoms with Crippen LogP contribution in [-0.4, -0.2) is 18.2 Å². The van der Waals surface area contributed by atoms with Crippen molar-refractivity contribution in [1.82, 2.24) is 0 Å². The minimum Gasteiger partial charge on any atom is -0.506 e. The number of azide groups is 1. The lowest BCUT2D eigenvalue weighted by atomic mass is 10.1. The molecule has 0 aliphatic carbocycles. The van der Waals surface area contributed by atoms with Crippen molar-refractivity contribution in [1.29, 1.82) is 0 Å². The van der Waals surface area contributed by atoms with Crippen LogP contribution in [0.3, 0.4) is 0 Å². The van der Waals surface area contributed by atoms with Crippen molar-refractivity contribution in [2.24, 2.45) is 5.11 Å². The van der Waals surface area contributed by atoms with E-state index in [4.69, 9.17) is 5.53 Å². The molecule has 0 aliphatic heterocycles. The summed E-state index contributed by atoms with van der Waals surface area (Å²) in [7, 11) is 1.04. The maximum Gasteiger partial charge on any atom is 0.344 e. The first kappa shape index (κ1) is 12.3. The van der Waals surface area contributed by atoms with Crippen molar-refractivity contribution < 1.29 is 19.0 Å². The lowest BCUT2D eigenvalue weighted by Crippen LogP contribution is -2.05. The van der Waals surface area contributed by atoms with Gasteiger partial charge in [0.2, 0.25) is 0 Å². The van der Waals surface area contributed by atoms with Gasteiger partial charge in [0.1, 0.15) is 11.3 Å². The number of methoxy groups -OCH3 is 1. The van der Waals surface area contributed by atoms with Crippen molar-refractivity contribution in [2.45, 2.75) is 0 Å². The molecule has 0 radical (unpaired) electrons. The Bertz CT molecular complexity index is 500. The van der Waals surface area contributed by atoms with Crippen LogP contribution >= 0.6 is 15.9 Å². The molecule has 16 heavy (non-hydrogen) atoms. The van der Waals surface area contributed by atoms with Crippen LogP contribution < -0.4 is 0 Å². The monoisotopic (exact) mass is 289 g/mol. The Morgan fingerprint density at radius 2 is 2.38 bits per heavy atom. The summed E-state index contributed by atoms with van der Waals surface area (Å²) in [5.41, 5.74) is 7.26. The predicted octanol–water partition coefficient (Wildman–Crippen LogP) is 3.02. The Kier molecular flexibility index (Phi) is 3.70. The number of benzene rings is 1. The van der Waals surface area contributed by atoms with E-state index in [9.17, 15) is 14.3 Å². The number of ether oxygens (including phenoxy) is 1. The minimum atomic E-state index is -1.06. The van der Waals surface area contributed by atoms with E-state index >= 15 is 0 Å². The number of esters is 1. The number of hydrogen-bond donors (Lipinski definition) is 1. The van der Waals surface area contributed by atoms with Gasteiger partial charge in [-0.05, 0) is 27.5 Å². The Morgan fingerprint density at radius 3 is 2.88 bits per heavy atom. The first-order valence-electron chi connectivity index (χ1n) is 3.87.